The quantitative estimate of drug-likeness (QED) is 0.886. The first-order chi connectivity index (χ1) is 10.1. The zero-order valence-electron chi connectivity index (χ0n) is 12.6. The lowest BCUT2D eigenvalue weighted by Gasteiger charge is -2.13. The van der Waals surface area contributed by atoms with Gasteiger partial charge in [-0.3, -0.25) is 0 Å². The molecule has 2 rings (SSSR count). The number of hydrogen-bond donors (Lipinski definition) is 1. The van der Waals surface area contributed by atoms with Crippen molar-refractivity contribution < 1.29 is 14.6 Å². The van der Waals surface area contributed by atoms with E-state index in [1.54, 1.807) is 11.8 Å². The van der Waals surface area contributed by atoms with Crippen LogP contribution in [0.1, 0.15) is 41.4 Å². The van der Waals surface area contributed by atoms with Gasteiger partial charge in [0.25, 0.3) is 0 Å². The van der Waals surface area contributed by atoms with Gasteiger partial charge in [-0.05, 0) is 37.5 Å². The third kappa shape index (κ3) is 3.07. The summed E-state index contributed by atoms with van der Waals surface area (Å²) in [4.78, 5) is 11.4. The molecular weight excluding hydrogens is 268 g/mol. The van der Waals surface area contributed by atoms with Crippen LogP contribution in [0.25, 0.3) is 5.69 Å². The van der Waals surface area contributed by atoms with Crippen LogP contribution < -0.4 is 4.74 Å². The van der Waals surface area contributed by atoms with E-state index in [-0.39, 0.29) is 5.56 Å². The van der Waals surface area contributed by atoms with Crippen LogP contribution in [0.2, 0.25) is 0 Å². The maximum atomic E-state index is 11.4. The Morgan fingerprint density at radius 3 is 2.81 bits per heavy atom. The molecule has 0 saturated carbocycles. The highest BCUT2D eigenvalue weighted by Gasteiger charge is 2.19. The van der Waals surface area contributed by atoms with E-state index in [4.69, 9.17) is 4.74 Å². The number of carbonyl (C=O) groups is 1. The zero-order valence-corrected chi connectivity index (χ0v) is 12.6. The first-order valence-electron chi connectivity index (χ1n) is 7.03. The molecule has 0 radical (unpaired) electrons. The smallest absolute Gasteiger partial charge is 0.339 e. The van der Waals surface area contributed by atoms with Gasteiger partial charge >= 0.3 is 5.97 Å². The molecule has 0 unspecified atom stereocenters. The summed E-state index contributed by atoms with van der Waals surface area (Å²) in [5, 5.41) is 13.6. The van der Waals surface area contributed by atoms with Gasteiger partial charge in [-0.1, -0.05) is 19.4 Å². The summed E-state index contributed by atoms with van der Waals surface area (Å²) in [5.74, 6) is -0.266. The summed E-state index contributed by atoms with van der Waals surface area (Å²) in [5.41, 5.74) is 2.82. The number of rotatable bonds is 6. The van der Waals surface area contributed by atoms with Crippen LogP contribution in [0.5, 0.6) is 5.75 Å². The van der Waals surface area contributed by atoms with Crippen LogP contribution in [0, 0.1) is 6.92 Å². The van der Waals surface area contributed by atoms with Gasteiger partial charge in [-0.2, -0.15) is 5.10 Å². The van der Waals surface area contributed by atoms with E-state index in [2.05, 4.69) is 12.0 Å². The van der Waals surface area contributed by atoms with Crippen LogP contribution >= 0.6 is 0 Å². The molecule has 0 fully saturated rings. The van der Waals surface area contributed by atoms with Crippen LogP contribution in [0.3, 0.4) is 0 Å². The Labute approximate surface area is 124 Å². The van der Waals surface area contributed by atoms with Crippen LogP contribution in [0.4, 0.5) is 0 Å². The highest BCUT2D eigenvalue weighted by molar-refractivity contribution is 5.88. The monoisotopic (exact) mass is 288 g/mol. The molecular formula is C16H20N2O3. The Balaban J connectivity index is 2.58. The zero-order chi connectivity index (χ0) is 15.4. The lowest BCUT2D eigenvalue weighted by molar-refractivity contribution is 0.0695. The van der Waals surface area contributed by atoms with Gasteiger partial charge in [0.05, 0.1) is 19.0 Å². The van der Waals surface area contributed by atoms with E-state index >= 15 is 0 Å². The second kappa shape index (κ2) is 6.43. The molecule has 5 nitrogen and oxygen atoms in total. The van der Waals surface area contributed by atoms with Crippen molar-refractivity contribution in [3.8, 4) is 11.4 Å². The third-order valence-electron chi connectivity index (χ3n) is 3.43. The summed E-state index contributed by atoms with van der Waals surface area (Å²) in [7, 11) is 1.60. The standard InChI is InChI=1S/C16H20N2O3/c1-4-5-6-13-12(16(19)20)10-17-18(13)14-9-11(2)7-8-15(14)21-3/h7-10H,4-6H2,1-3H3,(H,19,20). The van der Waals surface area contributed by atoms with Gasteiger partial charge in [0.1, 0.15) is 17.0 Å². The molecule has 2 aromatic rings. The van der Waals surface area contributed by atoms with E-state index in [1.165, 1.54) is 6.20 Å². The molecule has 0 spiro atoms. The van der Waals surface area contributed by atoms with Gasteiger partial charge in [0, 0.05) is 0 Å². The van der Waals surface area contributed by atoms with Crippen molar-refractivity contribution in [2.45, 2.75) is 33.1 Å². The molecule has 1 aromatic carbocycles. The van der Waals surface area contributed by atoms with E-state index in [0.717, 1.165) is 24.1 Å². The molecule has 1 N–H and O–H groups in total. The summed E-state index contributed by atoms with van der Waals surface area (Å²) in [6, 6.07) is 5.78. The molecule has 112 valence electrons. The Kier molecular flexibility index (Phi) is 4.62. The van der Waals surface area contributed by atoms with Crippen molar-refractivity contribution in [1.29, 1.82) is 0 Å². The minimum atomic E-state index is -0.945. The number of nitrogens with zero attached hydrogens (tertiary/aromatic N) is 2. The van der Waals surface area contributed by atoms with E-state index in [9.17, 15) is 9.90 Å². The predicted octanol–water partition coefficient (Wildman–Crippen LogP) is 3.23. The second-order valence-corrected chi connectivity index (χ2v) is 5.00. The molecule has 1 aromatic heterocycles. The third-order valence-corrected chi connectivity index (χ3v) is 3.43. The Bertz CT molecular complexity index is 647. The molecule has 21 heavy (non-hydrogen) atoms. The number of ether oxygens (including phenoxy) is 1. The van der Waals surface area contributed by atoms with Crippen molar-refractivity contribution in [2.75, 3.05) is 7.11 Å². The number of hydrogen-bond acceptors (Lipinski definition) is 3. The van der Waals surface area contributed by atoms with Crippen molar-refractivity contribution in [2.24, 2.45) is 0 Å². The topological polar surface area (TPSA) is 64.3 Å². The second-order valence-electron chi connectivity index (χ2n) is 5.00. The number of carboxylic acids is 1. The lowest BCUT2D eigenvalue weighted by Crippen LogP contribution is -2.08. The number of aromatic carboxylic acids is 1. The van der Waals surface area contributed by atoms with E-state index in [0.29, 0.717) is 17.9 Å². The normalized spacial score (nSPS) is 10.6. The number of benzene rings is 1. The number of aromatic nitrogens is 2. The average Bonchev–Trinajstić information content (AvgIpc) is 2.88. The first-order valence-corrected chi connectivity index (χ1v) is 7.03. The maximum Gasteiger partial charge on any atom is 0.339 e. The largest absolute Gasteiger partial charge is 0.494 e. The Morgan fingerprint density at radius 2 is 2.19 bits per heavy atom. The first kappa shape index (κ1) is 15.1. The van der Waals surface area contributed by atoms with Gasteiger partial charge in [0.2, 0.25) is 0 Å². The number of aryl methyl sites for hydroxylation is 1. The van der Waals surface area contributed by atoms with Crippen molar-refractivity contribution >= 4 is 5.97 Å². The van der Waals surface area contributed by atoms with Gasteiger partial charge in [0.15, 0.2) is 0 Å². The van der Waals surface area contributed by atoms with Crippen LogP contribution in [-0.2, 0) is 6.42 Å². The molecule has 0 bridgehead atoms. The van der Waals surface area contributed by atoms with Crippen LogP contribution in [-0.4, -0.2) is 28.0 Å². The Morgan fingerprint density at radius 1 is 1.43 bits per heavy atom. The fourth-order valence-corrected chi connectivity index (χ4v) is 2.31. The van der Waals surface area contributed by atoms with Crippen molar-refractivity contribution in [1.82, 2.24) is 9.78 Å². The summed E-state index contributed by atoms with van der Waals surface area (Å²) >= 11 is 0. The molecule has 0 aliphatic heterocycles. The summed E-state index contributed by atoms with van der Waals surface area (Å²) in [6.45, 7) is 4.06. The molecule has 5 heteroatoms. The molecule has 0 aliphatic rings. The number of methoxy groups -OCH3 is 1. The fraction of sp³-hybridized carbons (Fsp3) is 0.375. The average molecular weight is 288 g/mol. The minimum Gasteiger partial charge on any atom is -0.494 e. The van der Waals surface area contributed by atoms with Crippen LogP contribution in [0.15, 0.2) is 24.4 Å². The highest BCUT2D eigenvalue weighted by atomic mass is 16.5. The highest BCUT2D eigenvalue weighted by Crippen LogP contribution is 2.26. The number of carboxylic acid groups (broad SMARTS) is 1. The fourth-order valence-electron chi connectivity index (χ4n) is 2.31. The number of unbranched alkanes of at least 4 members (excludes halogenated alkanes) is 1. The lowest BCUT2D eigenvalue weighted by atomic mass is 10.1. The van der Waals surface area contributed by atoms with E-state index in [1.807, 2.05) is 25.1 Å². The van der Waals surface area contributed by atoms with Crippen molar-refractivity contribution in [3.63, 3.8) is 0 Å². The summed E-state index contributed by atoms with van der Waals surface area (Å²) < 4.78 is 7.06. The molecule has 0 aliphatic carbocycles. The molecule has 0 saturated heterocycles. The molecule has 1 heterocycles. The van der Waals surface area contributed by atoms with Gasteiger partial charge < -0.3 is 9.84 Å². The maximum absolute atomic E-state index is 11.4. The Hall–Kier alpha value is -2.30. The summed E-state index contributed by atoms with van der Waals surface area (Å²) in [6.07, 6.45) is 4.00. The van der Waals surface area contributed by atoms with Gasteiger partial charge in [-0.25, -0.2) is 9.48 Å². The molecule has 0 amide bonds. The predicted molar refractivity (Wildman–Crippen MR) is 80.4 cm³/mol. The minimum absolute atomic E-state index is 0.256. The molecule has 0 atom stereocenters. The van der Waals surface area contributed by atoms with Crippen molar-refractivity contribution in [3.05, 3.63) is 41.2 Å². The van der Waals surface area contributed by atoms with E-state index < -0.39 is 5.97 Å². The van der Waals surface area contributed by atoms with Gasteiger partial charge in [-0.15, -0.1) is 0 Å². The SMILES string of the molecule is CCCCc1c(C(=O)O)cnn1-c1cc(C)ccc1OC.